The highest BCUT2D eigenvalue weighted by molar-refractivity contribution is 7.26. The summed E-state index contributed by atoms with van der Waals surface area (Å²) in [5, 5.41) is 9.40. The topological polar surface area (TPSA) is 29.5 Å². The Morgan fingerprint density at radius 2 is 0.911 bits per heavy atom. The summed E-state index contributed by atoms with van der Waals surface area (Å²) in [7, 11) is 0. The van der Waals surface area contributed by atoms with E-state index in [-0.39, 0.29) is 0 Å². The average molecular weight is 734 g/mol. The molecule has 56 heavy (non-hydrogen) atoms. The Morgan fingerprint density at radius 3 is 1.66 bits per heavy atom. The van der Waals surface area contributed by atoms with Crippen molar-refractivity contribution >= 4 is 103 Å². The molecule has 9 aromatic carbocycles. The zero-order chi connectivity index (χ0) is 36.7. The van der Waals surface area contributed by atoms with Gasteiger partial charge in [-0.25, -0.2) is 0 Å². The Labute approximate surface area is 325 Å². The number of para-hydroxylation sites is 3. The van der Waals surface area contributed by atoms with Crippen LogP contribution in [0.1, 0.15) is 0 Å². The fraction of sp³-hybridized carbons (Fsp3) is 0. The van der Waals surface area contributed by atoms with Crippen LogP contribution in [-0.2, 0) is 0 Å². The molecule has 0 bridgehead atoms. The second-order valence-electron chi connectivity index (χ2n) is 14.4. The monoisotopic (exact) mass is 733 g/mol. The molecule has 0 saturated heterocycles. The molecule has 4 heteroatoms. The highest BCUT2D eigenvalue weighted by Gasteiger charge is 2.20. The van der Waals surface area contributed by atoms with Gasteiger partial charge in [-0.1, -0.05) is 140 Å². The molecule has 0 aliphatic rings. The molecule has 0 aliphatic heterocycles. The van der Waals surface area contributed by atoms with Gasteiger partial charge < -0.3 is 13.7 Å². The third-order valence-electron chi connectivity index (χ3n) is 11.3. The zero-order valence-corrected chi connectivity index (χ0v) is 30.9. The van der Waals surface area contributed by atoms with E-state index in [4.69, 9.17) is 8.83 Å². The number of nitrogens with zero attached hydrogens (tertiary/aromatic N) is 1. The molecule has 0 fully saturated rings. The van der Waals surface area contributed by atoms with Gasteiger partial charge in [-0.05, 0) is 65.0 Å². The molecule has 3 aromatic heterocycles. The lowest BCUT2D eigenvalue weighted by molar-refractivity contribution is 0.670. The van der Waals surface area contributed by atoms with Crippen molar-refractivity contribution in [3.63, 3.8) is 0 Å². The average Bonchev–Trinajstić information content (AvgIpc) is 3.96. The predicted molar refractivity (Wildman–Crippen MR) is 237 cm³/mol. The lowest BCUT2D eigenvalue weighted by Gasteiger charge is -2.26. The number of hydrogen-bond donors (Lipinski definition) is 0. The van der Waals surface area contributed by atoms with Crippen LogP contribution in [-0.4, -0.2) is 0 Å². The smallest absolute Gasteiger partial charge is 0.143 e. The quantitative estimate of drug-likeness (QED) is 0.176. The summed E-state index contributed by atoms with van der Waals surface area (Å²) in [4.78, 5) is 2.39. The van der Waals surface area contributed by atoms with Gasteiger partial charge in [0.25, 0.3) is 0 Å². The Balaban J connectivity index is 1.00. The van der Waals surface area contributed by atoms with E-state index >= 15 is 0 Å². The second kappa shape index (κ2) is 12.2. The van der Waals surface area contributed by atoms with E-state index in [2.05, 4.69) is 181 Å². The van der Waals surface area contributed by atoms with E-state index in [1.807, 2.05) is 23.5 Å². The van der Waals surface area contributed by atoms with Gasteiger partial charge in [0.15, 0.2) is 0 Å². The molecule has 3 heterocycles. The van der Waals surface area contributed by atoms with Crippen LogP contribution in [0.3, 0.4) is 0 Å². The van der Waals surface area contributed by atoms with E-state index in [0.29, 0.717) is 0 Å². The molecule has 0 aliphatic carbocycles. The molecule has 0 atom stereocenters. The number of hydrogen-bond acceptors (Lipinski definition) is 4. The maximum atomic E-state index is 6.72. The fourth-order valence-electron chi connectivity index (χ4n) is 8.64. The van der Waals surface area contributed by atoms with Crippen LogP contribution in [0.5, 0.6) is 0 Å². The van der Waals surface area contributed by atoms with Crippen LogP contribution in [0.15, 0.2) is 197 Å². The Morgan fingerprint density at radius 1 is 0.357 bits per heavy atom. The van der Waals surface area contributed by atoms with E-state index < -0.39 is 0 Å². The molecule has 12 rings (SSSR count). The van der Waals surface area contributed by atoms with Gasteiger partial charge in [-0.3, -0.25) is 0 Å². The molecular formula is C52H31NO2S. The summed E-state index contributed by atoms with van der Waals surface area (Å²) in [5.41, 5.74) is 11.4. The zero-order valence-electron chi connectivity index (χ0n) is 30.1. The summed E-state index contributed by atoms with van der Waals surface area (Å²) < 4.78 is 15.7. The molecule has 0 unspecified atom stereocenters. The Hall–Kier alpha value is -7.14. The minimum atomic E-state index is 0.905. The number of rotatable bonds is 5. The number of fused-ring (bicyclic) bond motifs is 11. The molecule has 0 N–H and O–H groups in total. The van der Waals surface area contributed by atoms with Crippen molar-refractivity contribution in [3.05, 3.63) is 188 Å². The molecule has 0 radical (unpaired) electrons. The number of thiophene rings is 1. The lowest BCUT2D eigenvalue weighted by atomic mass is 10.0. The maximum absolute atomic E-state index is 6.72. The largest absolute Gasteiger partial charge is 0.455 e. The number of anilines is 3. The molecular weight excluding hydrogens is 703 g/mol. The highest BCUT2D eigenvalue weighted by Crippen LogP contribution is 2.46. The van der Waals surface area contributed by atoms with Crippen molar-refractivity contribution in [2.24, 2.45) is 0 Å². The van der Waals surface area contributed by atoms with Crippen LogP contribution >= 0.6 is 11.3 Å². The van der Waals surface area contributed by atoms with Crippen LogP contribution in [0.25, 0.3) is 97.1 Å². The van der Waals surface area contributed by atoms with Crippen molar-refractivity contribution in [3.8, 4) is 22.3 Å². The van der Waals surface area contributed by atoms with Gasteiger partial charge in [0, 0.05) is 64.9 Å². The van der Waals surface area contributed by atoms with Gasteiger partial charge in [-0.15, -0.1) is 11.3 Å². The second-order valence-corrected chi connectivity index (χ2v) is 15.5. The van der Waals surface area contributed by atoms with Crippen molar-refractivity contribution in [1.82, 2.24) is 0 Å². The molecule has 0 amide bonds. The summed E-state index contributed by atoms with van der Waals surface area (Å²) in [6.07, 6.45) is 0. The molecule has 0 spiro atoms. The minimum Gasteiger partial charge on any atom is -0.455 e. The van der Waals surface area contributed by atoms with Gasteiger partial charge >= 0.3 is 0 Å². The van der Waals surface area contributed by atoms with Crippen molar-refractivity contribution < 1.29 is 8.83 Å². The Bertz CT molecular complexity index is 3480. The standard InChI is InChI=1S/C52H31NO2S/c1-2-11-37-32(10-1)26-31-44-43-17-8-15-39(50(43)55-51(37)44)34-24-29-36(30-25-34)53(46-19-9-18-45-41-13-4-6-21-48(41)56-52(45)46)35-27-22-33(23-28-35)38-14-7-16-42-40-12-3-5-20-47(40)54-49(38)42/h1-31H. The van der Waals surface area contributed by atoms with E-state index in [9.17, 15) is 0 Å². The maximum Gasteiger partial charge on any atom is 0.143 e. The fourth-order valence-corrected chi connectivity index (χ4v) is 9.85. The van der Waals surface area contributed by atoms with Crippen molar-refractivity contribution in [2.45, 2.75) is 0 Å². The van der Waals surface area contributed by atoms with Gasteiger partial charge in [-0.2, -0.15) is 0 Å². The minimum absolute atomic E-state index is 0.905. The van der Waals surface area contributed by atoms with Crippen LogP contribution in [0.4, 0.5) is 17.1 Å². The first-order valence-electron chi connectivity index (χ1n) is 18.9. The lowest BCUT2D eigenvalue weighted by Crippen LogP contribution is -2.10. The summed E-state index contributed by atoms with van der Waals surface area (Å²) >= 11 is 1.85. The highest BCUT2D eigenvalue weighted by atomic mass is 32.1. The number of furan rings is 2. The van der Waals surface area contributed by atoms with Crippen molar-refractivity contribution in [1.29, 1.82) is 0 Å². The van der Waals surface area contributed by atoms with Crippen molar-refractivity contribution in [2.75, 3.05) is 4.90 Å². The normalized spacial score (nSPS) is 11.9. The first kappa shape index (κ1) is 31.2. The third-order valence-corrected chi connectivity index (χ3v) is 12.5. The van der Waals surface area contributed by atoms with Gasteiger partial charge in [0.05, 0.1) is 10.4 Å². The Kier molecular flexibility index (Phi) is 6.80. The SMILES string of the molecule is c1ccc2c(c1)ccc1c3cccc(-c4ccc(N(c5ccc(-c6cccc7c6oc6ccccc67)cc5)c5cccc6c5sc5ccccc56)cc4)c3oc21. The van der Waals surface area contributed by atoms with E-state index in [1.54, 1.807) is 0 Å². The summed E-state index contributed by atoms with van der Waals surface area (Å²) in [5.74, 6) is 0. The molecule has 262 valence electrons. The molecule has 12 aromatic rings. The van der Waals surface area contributed by atoms with Crippen LogP contribution in [0.2, 0.25) is 0 Å². The van der Waals surface area contributed by atoms with Gasteiger partial charge in [0.2, 0.25) is 0 Å². The summed E-state index contributed by atoms with van der Waals surface area (Å²) in [6, 6.07) is 67.2. The van der Waals surface area contributed by atoms with Crippen LogP contribution < -0.4 is 4.90 Å². The molecule has 3 nitrogen and oxygen atoms in total. The first-order valence-corrected chi connectivity index (χ1v) is 19.7. The first-order chi connectivity index (χ1) is 27.8. The van der Waals surface area contributed by atoms with Crippen LogP contribution in [0, 0.1) is 0 Å². The summed E-state index contributed by atoms with van der Waals surface area (Å²) in [6.45, 7) is 0. The van der Waals surface area contributed by atoms with Gasteiger partial charge in [0.1, 0.15) is 22.3 Å². The predicted octanol–water partition coefficient (Wildman–Crippen LogP) is 15.8. The third kappa shape index (κ3) is 4.70. The number of benzene rings is 9. The van der Waals surface area contributed by atoms with E-state index in [1.165, 1.54) is 25.6 Å². The van der Waals surface area contributed by atoms with E-state index in [0.717, 1.165) is 88.6 Å². The molecule has 0 saturated carbocycles.